The van der Waals surface area contributed by atoms with Crippen molar-refractivity contribution >= 4 is 99.4 Å². The van der Waals surface area contributed by atoms with Crippen molar-refractivity contribution in [3.8, 4) is 0 Å². The first kappa shape index (κ1) is 47.7. The predicted octanol–water partition coefficient (Wildman–Crippen LogP) is -5.46. The Labute approximate surface area is 292 Å². The second-order valence-electron chi connectivity index (χ2n) is 6.01. The number of pyridine rings is 4. The van der Waals surface area contributed by atoms with Crippen LogP contribution in [-0.4, -0.2) is 136 Å². The maximum Gasteiger partial charge on any atom is 2.00 e. The van der Waals surface area contributed by atoms with E-state index in [-0.39, 0.29) is 115 Å². The van der Waals surface area contributed by atoms with Crippen molar-refractivity contribution in [3.05, 3.63) is 120 Å². The molecule has 6 N–H and O–H groups in total. The van der Waals surface area contributed by atoms with Gasteiger partial charge in [-0.05, 0) is 48.5 Å². The number of carbonyl (C=O) groups is 4. The Morgan fingerprint density at radius 3 is 0.634 bits per heavy atom. The zero-order valence-electron chi connectivity index (χ0n) is 21.2. The van der Waals surface area contributed by atoms with Gasteiger partial charge in [-0.3, -0.25) is 19.9 Å². The third-order valence-electron chi connectivity index (χ3n) is 3.50. The summed E-state index contributed by atoms with van der Waals surface area (Å²) in [6, 6.07) is 18.5. The van der Waals surface area contributed by atoms with E-state index in [1.807, 2.05) is 0 Å². The van der Waals surface area contributed by atoms with Crippen LogP contribution in [0.15, 0.2) is 97.6 Å². The Morgan fingerprint density at radius 1 is 0.390 bits per heavy atom. The number of aromatic nitrogens is 4. The van der Waals surface area contributed by atoms with Gasteiger partial charge >= 0.3 is 75.5 Å². The first-order valence-corrected chi connectivity index (χ1v) is 9.71. The van der Waals surface area contributed by atoms with Crippen LogP contribution in [0.1, 0.15) is 42.0 Å². The van der Waals surface area contributed by atoms with E-state index in [1.54, 1.807) is 48.5 Å². The average molecular weight is 623 g/mol. The molecule has 0 aliphatic heterocycles. The molecule has 4 heterocycles. The minimum Gasteiger partial charge on any atom is -0.543 e. The number of carboxylic acids is 4. The second kappa shape index (κ2) is 28.4. The quantitative estimate of drug-likeness (QED) is 0.192. The smallest absolute Gasteiger partial charge is 0.543 e. The van der Waals surface area contributed by atoms with Gasteiger partial charge in [0.1, 0.15) is 0 Å². The van der Waals surface area contributed by atoms with Crippen LogP contribution in [0.5, 0.6) is 0 Å². The summed E-state index contributed by atoms with van der Waals surface area (Å²) in [5, 5.41) is 40.1. The van der Waals surface area contributed by atoms with Gasteiger partial charge in [0.15, 0.2) is 0 Å². The molecule has 0 amide bonds. The van der Waals surface area contributed by atoms with Crippen molar-refractivity contribution in [3.63, 3.8) is 0 Å². The van der Waals surface area contributed by atoms with Crippen molar-refractivity contribution in [1.29, 1.82) is 0 Å². The van der Waals surface area contributed by atoms with Gasteiger partial charge in [0.05, 0.1) is 46.7 Å². The first-order valence-electron chi connectivity index (χ1n) is 9.71. The maximum atomic E-state index is 10.0. The number of rotatable bonds is 4. The van der Waals surface area contributed by atoms with E-state index in [1.165, 1.54) is 49.1 Å². The fourth-order valence-electron chi connectivity index (χ4n) is 1.93. The van der Waals surface area contributed by atoms with Crippen molar-refractivity contribution < 1.29 is 56.0 Å². The number of carbonyl (C=O) groups excluding carboxylic acids is 4. The van der Waals surface area contributed by atoms with Gasteiger partial charge in [0.25, 0.3) is 0 Å². The Hall–Kier alpha value is -3.12. The van der Waals surface area contributed by atoms with E-state index in [0.717, 1.165) is 0 Å². The molecular formula is C24H22Ca2N4O11. The van der Waals surface area contributed by atoms with Crippen molar-refractivity contribution in [1.82, 2.24) is 19.9 Å². The second-order valence-corrected chi connectivity index (χ2v) is 6.01. The standard InChI is InChI=1S/4C6H5NO2.2Ca.3H2O/c4*8-6(9)5-3-1-2-4-7-5;;;;;/h4*1-4H,(H,8,9);;;3*1H2/q;;;;2*+2;;;/p-4. The van der Waals surface area contributed by atoms with Crippen molar-refractivity contribution in [2.75, 3.05) is 0 Å². The molecule has 0 aromatic carbocycles. The molecule has 0 bridgehead atoms. The van der Waals surface area contributed by atoms with Crippen LogP contribution >= 0.6 is 0 Å². The molecule has 0 spiro atoms. The summed E-state index contributed by atoms with van der Waals surface area (Å²) in [7, 11) is 0. The number of aromatic carboxylic acids is 4. The normalized spacial score (nSPS) is 7.80. The Balaban J connectivity index is -0.000000135. The third-order valence-corrected chi connectivity index (χ3v) is 3.50. The van der Waals surface area contributed by atoms with Crippen molar-refractivity contribution in [2.24, 2.45) is 0 Å². The molecule has 0 fully saturated rings. The molecule has 0 aliphatic carbocycles. The van der Waals surface area contributed by atoms with Crippen LogP contribution in [-0.2, 0) is 0 Å². The molecule has 208 valence electrons. The molecule has 4 rings (SSSR count). The zero-order valence-corrected chi connectivity index (χ0v) is 25.6. The van der Waals surface area contributed by atoms with E-state index in [0.29, 0.717) is 0 Å². The molecule has 0 unspecified atom stereocenters. The summed E-state index contributed by atoms with van der Waals surface area (Å²) < 4.78 is 0. The van der Waals surface area contributed by atoms with E-state index < -0.39 is 23.9 Å². The molecular weight excluding hydrogens is 600 g/mol. The largest absolute Gasteiger partial charge is 2.00 e. The molecule has 0 saturated carbocycles. The molecule has 4 aromatic heterocycles. The number of nitrogens with zero attached hydrogens (tertiary/aromatic N) is 4. The zero-order chi connectivity index (χ0) is 26.8. The van der Waals surface area contributed by atoms with Gasteiger partial charge in [-0.25, -0.2) is 0 Å². The summed E-state index contributed by atoms with van der Waals surface area (Å²) in [5.74, 6) is -4.96. The van der Waals surface area contributed by atoms with Gasteiger partial charge in [0, 0.05) is 24.8 Å². The van der Waals surface area contributed by atoms with E-state index in [4.69, 9.17) is 0 Å². The molecule has 41 heavy (non-hydrogen) atoms. The molecule has 17 heteroatoms. The molecule has 4 aromatic rings. The fraction of sp³-hybridized carbons (Fsp3) is 0. The van der Waals surface area contributed by atoms with Crippen molar-refractivity contribution in [2.45, 2.75) is 0 Å². The summed E-state index contributed by atoms with van der Waals surface area (Å²) in [5.41, 5.74) is -0.120. The SMILES string of the molecule is O.O.O.O=C([O-])c1ccccn1.O=C([O-])c1ccccn1.O=C([O-])c1ccccn1.O=C([O-])c1ccccn1.[Ca+2].[Ca+2]. The third kappa shape index (κ3) is 22.3. The van der Waals surface area contributed by atoms with Crippen LogP contribution in [0.4, 0.5) is 0 Å². The maximum absolute atomic E-state index is 10.0. The van der Waals surface area contributed by atoms with E-state index >= 15 is 0 Å². The Kier molecular flexibility index (Phi) is 33.0. The van der Waals surface area contributed by atoms with E-state index in [9.17, 15) is 39.6 Å². The molecule has 15 nitrogen and oxygen atoms in total. The van der Waals surface area contributed by atoms with Gasteiger partial charge in [-0.2, -0.15) is 0 Å². The van der Waals surface area contributed by atoms with Gasteiger partial charge in [-0.1, -0.05) is 24.3 Å². The van der Waals surface area contributed by atoms with Crippen LogP contribution in [0.25, 0.3) is 0 Å². The Bertz CT molecular complexity index is 1050. The van der Waals surface area contributed by atoms with Crippen LogP contribution < -0.4 is 20.4 Å². The molecule has 0 atom stereocenters. The summed E-state index contributed by atoms with van der Waals surface area (Å²) >= 11 is 0. The topological polar surface area (TPSA) is 307 Å². The minimum absolute atomic E-state index is 0. The summed E-state index contributed by atoms with van der Waals surface area (Å²) in [6.07, 6.45) is 5.63. The summed E-state index contributed by atoms with van der Waals surface area (Å²) in [4.78, 5) is 54.2. The predicted molar refractivity (Wildman–Crippen MR) is 137 cm³/mol. The molecule has 0 radical (unpaired) electrons. The van der Waals surface area contributed by atoms with Crippen LogP contribution in [0.3, 0.4) is 0 Å². The van der Waals surface area contributed by atoms with Crippen LogP contribution in [0, 0.1) is 0 Å². The monoisotopic (exact) mass is 622 g/mol. The first-order chi connectivity index (χ1) is 17.2. The number of hydrogen-bond acceptors (Lipinski definition) is 12. The van der Waals surface area contributed by atoms with Gasteiger partial charge in [0.2, 0.25) is 0 Å². The number of carboxylic acid groups (broad SMARTS) is 4. The minimum atomic E-state index is -1.24. The molecule has 0 saturated heterocycles. The van der Waals surface area contributed by atoms with E-state index in [2.05, 4.69) is 19.9 Å². The fourth-order valence-corrected chi connectivity index (χ4v) is 1.93. The van der Waals surface area contributed by atoms with Crippen LogP contribution in [0.2, 0.25) is 0 Å². The Morgan fingerprint density at radius 2 is 0.561 bits per heavy atom. The average Bonchev–Trinajstić information content (AvgIpc) is 2.92. The summed E-state index contributed by atoms with van der Waals surface area (Å²) in [6.45, 7) is 0. The molecule has 0 aliphatic rings. The van der Waals surface area contributed by atoms with Gasteiger partial charge in [-0.15, -0.1) is 0 Å². The van der Waals surface area contributed by atoms with Gasteiger partial charge < -0.3 is 56.0 Å². The number of hydrogen-bond donors (Lipinski definition) is 0.